The van der Waals surface area contributed by atoms with Crippen molar-refractivity contribution >= 4 is 90.8 Å². The molecule has 0 aliphatic heterocycles. The van der Waals surface area contributed by atoms with E-state index in [1.54, 1.807) is 0 Å². The van der Waals surface area contributed by atoms with Crippen molar-refractivity contribution in [3.05, 3.63) is 252 Å². The van der Waals surface area contributed by atoms with Crippen molar-refractivity contribution < 1.29 is 4.74 Å². The number of fused-ring (bicyclic) bond motifs is 7. The number of rotatable bonds is 37. The Morgan fingerprint density at radius 2 is 0.654 bits per heavy atom. The number of thiophene rings is 6. The Morgan fingerprint density at radius 3 is 1.09 bits per heavy atom. The molecule has 0 atom stereocenters. The predicted octanol–water partition coefficient (Wildman–Crippen LogP) is 31.3. The Morgan fingerprint density at radius 1 is 0.299 bits per heavy atom. The highest BCUT2D eigenvalue weighted by atomic mass is 32.1. The van der Waals surface area contributed by atoms with Gasteiger partial charge in [0.1, 0.15) is 16.8 Å². The number of hydrogen-bond donors (Lipinski definition) is 0. The minimum absolute atomic E-state index is 0.527. The van der Waals surface area contributed by atoms with Gasteiger partial charge in [0.25, 0.3) is 0 Å². The molecule has 15 rings (SSSR count). The molecule has 552 valence electrons. The molecule has 10 heteroatoms. The molecule has 6 aromatic carbocycles. The summed E-state index contributed by atoms with van der Waals surface area (Å²) in [5.41, 5.74) is 23.7. The van der Waals surface area contributed by atoms with E-state index in [9.17, 15) is 0 Å². The molecule has 0 radical (unpaired) electrons. The van der Waals surface area contributed by atoms with E-state index >= 15 is 0 Å². The topological polar surface area (TPSA) is 35.0 Å². The smallest absolute Gasteiger partial charge is 0.133 e. The van der Waals surface area contributed by atoms with Crippen LogP contribution < -0.4 is 4.74 Å². The fraction of sp³-hybridized carbons (Fsp3) is 0.381. The van der Waals surface area contributed by atoms with Gasteiger partial charge in [-0.25, -0.2) is 0 Å². The SMILES string of the molecule is CCCCCCCCOc1c(C)c(-c2ccc(-c3ccc(-c4cc5c(s4)-c4cc6c(cc4C5(c4ccc(CCCCCC)cc4)c4ccc(CCCCCC)cc4)-c4sc(C)cc4C6(c4ccc(CCCCCC)cc4)c4ccc(CCCCCC)cc4)s3)s2)c2nsnc2c1-c1ccc(-c2ccc(C)s2)s1. The zero-order valence-electron chi connectivity index (χ0n) is 64.4. The van der Waals surface area contributed by atoms with Crippen molar-refractivity contribution in [1.82, 2.24) is 8.75 Å². The standard InChI is InChI=1S/C97H106N2OS7/c1-9-14-19-24-25-30-59-100-93-66(8)89(91-92(99-107-98-91)90(93)87-58-56-82(105-87)81-52-35-64(6)101-81)86-57-55-84(104-86)83-53-54-85(103-83)88-63-80-95(106-88)76-62-77-75(61-78(76)97(80,73-48-40-69(41-49-73)33-28-22-17-12-4)74-50-42-70(43-51-74)34-29-23-18-13-5)94-79(60-65(7)102-94)96(77,71-44-36-67(37-45-71)31-26-20-15-10-2)72-46-38-68(39-47-72)32-27-21-16-11-3/h35-58,60-63H,9-34,59H2,1-8H3. The quantitative estimate of drug-likeness (QED) is 0.0364. The average molecular weight is 1540 g/mol. The van der Waals surface area contributed by atoms with E-state index in [1.807, 2.05) is 68.0 Å². The van der Waals surface area contributed by atoms with Crippen molar-refractivity contribution in [3.8, 4) is 76.8 Å². The molecule has 107 heavy (non-hydrogen) atoms. The highest BCUT2D eigenvalue weighted by Crippen LogP contribution is 2.66. The van der Waals surface area contributed by atoms with Gasteiger partial charge in [0.2, 0.25) is 0 Å². The Balaban J connectivity index is 0.874. The van der Waals surface area contributed by atoms with E-state index in [0.717, 1.165) is 65.6 Å². The highest BCUT2D eigenvalue weighted by molar-refractivity contribution is 7.28. The molecule has 13 aromatic rings. The van der Waals surface area contributed by atoms with Crippen LogP contribution in [0.25, 0.3) is 82.1 Å². The first kappa shape index (κ1) is 75.5. The zero-order valence-corrected chi connectivity index (χ0v) is 70.1. The highest BCUT2D eigenvalue weighted by Gasteiger charge is 2.53. The molecule has 0 bridgehead atoms. The second-order valence-electron chi connectivity index (χ2n) is 30.6. The summed E-state index contributed by atoms with van der Waals surface area (Å²) in [6.45, 7) is 19.0. The monoisotopic (exact) mass is 1540 g/mol. The van der Waals surface area contributed by atoms with Gasteiger partial charge in [0.05, 0.1) is 34.7 Å². The van der Waals surface area contributed by atoms with E-state index in [1.165, 1.54) is 283 Å². The molecule has 0 spiro atoms. The summed E-state index contributed by atoms with van der Waals surface area (Å²) in [5, 5.41) is 0. The Kier molecular flexibility index (Phi) is 24.4. The number of aromatic nitrogens is 2. The Hall–Kier alpha value is -6.86. The van der Waals surface area contributed by atoms with Crippen LogP contribution in [0.2, 0.25) is 0 Å². The molecule has 3 nitrogen and oxygen atoms in total. The largest absolute Gasteiger partial charge is 0.493 e. The lowest BCUT2D eigenvalue weighted by molar-refractivity contribution is 0.304. The van der Waals surface area contributed by atoms with Gasteiger partial charge < -0.3 is 4.74 Å². The van der Waals surface area contributed by atoms with Gasteiger partial charge in [-0.05, 0) is 229 Å². The fourth-order valence-corrected chi connectivity index (χ4v) is 24.6. The van der Waals surface area contributed by atoms with Crippen LogP contribution in [0.15, 0.2) is 170 Å². The first-order valence-corrected chi connectivity index (χ1v) is 46.3. The number of nitrogens with zero attached hydrogens (tertiary/aromatic N) is 2. The summed E-state index contributed by atoms with van der Waals surface area (Å²) in [6, 6.07) is 69.3. The third-order valence-electron chi connectivity index (χ3n) is 23.1. The normalized spacial score (nSPS) is 13.3. The molecule has 0 fully saturated rings. The minimum atomic E-state index is -0.593. The Labute approximate surface area is 667 Å². The first-order chi connectivity index (χ1) is 52.6. The van der Waals surface area contributed by atoms with Crippen LogP contribution in [0.1, 0.15) is 258 Å². The van der Waals surface area contributed by atoms with E-state index in [2.05, 4.69) is 225 Å². The van der Waals surface area contributed by atoms with E-state index in [4.69, 9.17) is 13.5 Å². The number of aryl methyl sites for hydroxylation is 6. The van der Waals surface area contributed by atoms with Crippen molar-refractivity contribution in [2.24, 2.45) is 0 Å². The maximum Gasteiger partial charge on any atom is 0.133 e. The third-order valence-corrected chi connectivity index (χ3v) is 30.8. The third kappa shape index (κ3) is 15.2. The fourth-order valence-electron chi connectivity index (χ4n) is 17.4. The van der Waals surface area contributed by atoms with E-state index in [-0.39, 0.29) is 0 Å². The summed E-state index contributed by atoms with van der Waals surface area (Å²) in [7, 11) is 0. The summed E-state index contributed by atoms with van der Waals surface area (Å²) in [4.78, 5) is 15.6. The summed E-state index contributed by atoms with van der Waals surface area (Å²) in [5.74, 6) is 0.948. The molecule has 0 amide bonds. The molecule has 0 saturated carbocycles. The van der Waals surface area contributed by atoms with Crippen molar-refractivity contribution in [3.63, 3.8) is 0 Å². The van der Waals surface area contributed by atoms with Gasteiger partial charge in [0, 0.05) is 69.7 Å². The van der Waals surface area contributed by atoms with Gasteiger partial charge in [-0.1, -0.05) is 241 Å². The van der Waals surface area contributed by atoms with Gasteiger partial charge in [0.15, 0.2) is 0 Å². The van der Waals surface area contributed by atoms with Crippen molar-refractivity contribution in [2.75, 3.05) is 6.61 Å². The summed E-state index contributed by atoms with van der Waals surface area (Å²) < 4.78 is 17.4. The molecule has 0 saturated heterocycles. The van der Waals surface area contributed by atoms with Crippen molar-refractivity contribution in [2.45, 2.75) is 233 Å². The van der Waals surface area contributed by atoms with Crippen LogP contribution in [-0.4, -0.2) is 15.4 Å². The number of ether oxygens (including phenoxy) is 1. The van der Waals surface area contributed by atoms with E-state index < -0.39 is 10.8 Å². The van der Waals surface area contributed by atoms with Crippen LogP contribution in [0.5, 0.6) is 5.75 Å². The van der Waals surface area contributed by atoms with Crippen LogP contribution in [0, 0.1) is 20.8 Å². The molecule has 7 aromatic heterocycles. The second-order valence-corrected chi connectivity index (χ2v) is 38.0. The Bertz CT molecular complexity index is 5000. The predicted molar refractivity (Wildman–Crippen MR) is 471 cm³/mol. The molecular formula is C97H106N2OS7. The molecule has 0 unspecified atom stereocenters. The number of benzene rings is 6. The lowest BCUT2D eigenvalue weighted by atomic mass is 9.65. The molecule has 0 N–H and O–H groups in total. The molecule has 2 aliphatic rings. The first-order valence-electron chi connectivity index (χ1n) is 40.7. The van der Waals surface area contributed by atoms with Crippen LogP contribution in [0.3, 0.4) is 0 Å². The van der Waals surface area contributed by atoms with Gasteiger partial charge >= 0.3 is 0 Å². The second kappa shape index (κ2) is 34.6. The van der Waals surface area contributed by atoms with Crippen LogP contribution in [-0.2, 0) is 36.5 Å². The summed E-state index contributed by atoms with van der Waals surface area (Å²) in [6.07, 6.45) is 31.9. The molecule has 7 heterocycles. The maximum absolute atomic E-state index is 7.09. The van der Waals surface area contributed by atoms with Gasteiger partial charge in [-0.3, -0.25) is 0 Å². The van der Waals surface area contributed by atoms with Gasteiger partial charge in [-0.2, -0.15) is 8.75 Å². The lowest BCUT2D eigenvalue weighted by Crippen LogP contribution is -2.30. The molecular weight excluding hydrogens is 1430 g/mol. The van der Waals surface area contributed by atoms with Crippen LogP contribution >= 0.6 is 79.7 Å². The summed E-state index contributed by atoms with van der Waals surface area (Å²) >= 11 is 12.8. The lowest BCUT2D eigenvalue weighted by Gasteiger charge is -2.35. The number of hydrogen-bond acceptors (Lipinski definition) is 10. The average Bonchev–Trinajstić information content (AvgIpc) is 1.50. The van der Waals surface area contributed by atoms with Crippen LogP contribution in [0.4, 0.5) is 0 Å². The minimum Gasteiger partial charge on any atom is -0.493 e. The maximum atomic E-state index is 7.09. The number of unbranched alkanes of at least 4 members (excludes halogenated alkanes) is 17. The van der Waals surface area contributed by atoms with Crippen molar-refractivity contribution in [1.29, 1.82) is 0 Å². The molecule has 2 aliphatic carbocycles. The van der Waals surface area contributed by atoms with Gasteiger partial charge in [-0.15, -0.1) is 68.0 Å². The zero-order chi connectivity index (χ0) is 73.4. The van der Waals surface area contributed by atoms with E-state index in [0.29, 0.717) is 6.61 Å².